The van der Waals surface area contributed by atoms with Crippen LogP contribution in [0, 0.1) is 18.8 Å². The highest BCUT2D eigenvalue weighted by Crippen LogP contribution is 2.60. The Morgan fingerprint density at radius 1 is 1.03 bits per heavy atom. The number of nitrogens with two attached hydrogens (primary N) is 2. The summed E-state index contributed by atoms with van der Waals surface area (Å²) in [6.45, 7) is 5.04. The van der Waals surface area contributed by atoms with Crippen molar-refractivity contribution in [2.45, 2.75) is 100 Å². The Balaban J connectivity index is 0.982. The third kappa shape index (κ3) is 6.12. The molecule has 15 heteroatoms. The van der Waals surface area contributed by atoms with Crippen LogP contribution >= 0.6 is 21.6 Å². The monoisotopic (exact) mass is 846 g/mol. The first-order chi connectivity index (χ1) is 29.0. The number of anilines is 2. The number of aromatic hydroxyl groups is 1. The number of esters is 1. The number of aryl methyl sites for hydroxylation is 2. The fraction of sp³-hybridized carbons (Fsp3) is 0.444. The number of aliphatic imine (C=N–C) groups is 1. The first-order valence-corrected chi connectivity index (χ1v) is 23.3. The quantitative estimate of drug-likeness (QED) is 0.105. The topological polar surface area (TPSA) is 192 Å². The van der Waals surface area contributed by atoms with Gasteiger partial charge in [0, 0.05) is 83.1 Å². The van der Waals surface area contributed by atoms with Crippen LogP contribution in [-0.4, -0.2) is 67.9 Å². The number of ether oxygens (including phenoxy) is 3. The molecule has 5 unspecified atom stereocenters. The van der Waals surface area contributed by atoms with E-state index >= 15 is 0 Å². The molecule has 6 bridgehead atoms. The summed E-state index contributed by atoms with van der Waals surface area (Å²) in [7, 11) is 3.35. The second-order valence-corrected chi connectivity index (χ2v) is 20.2. The lowest BCUT2D eigenvalue weighted by molar-refractivity contribution is -0.174. The van der Waals surface area contributed by atoms with E-state index in [1.807, 2.05) is 25.3 Å². The summed E-state index contributed by atoms with van der Waals surface area (Å²) < 4.78 is 26.3. The second-order valence-electron chi connectivity index (χ2n) is 17.6. The molecular formula is C45H46N6O7S2. The summed E-state index contributed by atoms with van der Waals surface area (Å²) >= 11 is 0. The molecule has 0 amide bonds. The Morgan fingerprint density at radius 2 is 1.88 bits per heavy atom. The summed E-state index contributed by atoms with van der Waals surface area (Å²) in [6, 6.07) is 9.19. The summed E-state index contributed by atoms with van der Waals surface area (Å²) in [5.74, 6) is 2.09. The maximum atomic E-state index is 14.8. The summed E-state index contributed by atoms with van der Waals surface area (Å²) in [5.41, 5.74) is 18.3. The molecule has 12 rings (SSSR count). The Hall–Kier alpha value is -4.99. The van der Waals surface area contributed by atoms with Crippen molar-refractivity contribution in [2.24, 2.45) is 16.8 Å². The fourth-order valence-corrected chi connectivity index (χ4v) is 13.2. The molecule has 0 radical (unpaired) electrons. The van der Waals surface area contributed by atoms with Crippen molar-refractivity contribution >= 4 is 56.4 Å². The van der Waals surface area contributed by atoms with Gasteiger partial charge in [-0.1, -0.05) is 21.6 Å². The lowest BCUT2D eigenvalue weighted by Gasteiger charge is -2.48. The van der Waals surface area contributed by atoms with Gasteiger partial charge in [0.15, 0.2) is 11.0 Å². The van der Waals surface area contributed by atoms with Gasteiger partial charge < -0.3 is 40.1 Å². The number of carbonyl (C=O) groups excluding carboxylic acids is 1. The van der Waals surface area contributed by atoms with Gasteiger partial charge in [-0.3, -0.25) is 9.79 Å². The van der Waals surface area contributed by atoms with E-state index in [1.165, 1.54) is 11.6 Å². The number of rotatable bonds is 2. The van der Waals surface area contributed by atoms with Gasteiger partial charge in [-0.2, -0.15) is 0 Å². The van der Waals surface area contributed by atoms with Gasteiger partial charge in [0.1, 0.15) is 51.6 Å². The van der Waals surface area contributed by atoms with Crippen molar-refractivity contribution in [3.8, 4) is 22.8 Å². The molecule has 5 atom stereocenters. The number of phenols is 1. The second kappa shape index (κ2) is 14.0. The number of nitrogen functional groups attached to an aromatic ring is 2. The largest absolute Gasteiger partial charge is 0.507 e. The first-order valence-electron chi connectivity index (χ1n) is 20.8. The molecular weight excluding hydrogens is 801 g/mol. The van der Waals surface area contributed by atoms with Crippen LogP contribution in [-0.2, 0) is 33.0 Å². The van der Waals surface area contributed by atoms with Crippen LogP contribution in [0.4, 0.5) is 11.6 Å². The predicted octanol–water partition coefficient (Wildman–Crippen LogP) is 7.12. The van der Waals surface area contributed by atoms with Crippen LogP contribution in [0.25, 0.3) is 22.2 Å². The zero-order valence-electron chi connectivity index (χ0n) is 33.4. The average molecular weight is 847 g/mol. The summed E-state index contributed by atoms with van der Waals surface area (Å²) in [5, 5.41) is 12.1. The molecule has 1 spiro atoms. The highest BCUT2D eigenvalue weighted by Gasteiger charge is 2.70. The molecule has 5 N–H and O–H groups in total. The van der Waals surface area contributed by atoms with Crippen LogP contribution in [0.3, 0.4) is 0 Å². The molecule has 4 aromatic rings. The first kappa shape index (κ1) is 38.0. The van der Waals surface area contributed by atoms with Crippen LogP contribution in [0.1, 0.15) is 79.5 Å². The van der Waals surface area contributed by atoms with Crippen molar-refractivity contribution in [3.63, 3.8) is 0 Å². The minimum absolute atomic E-state index is 0.0106. The number of carbonyl (C=O) groups is 1. The highest BCUT2D eigenvalue weighted by molar-refractivity contribution is 8.76. The van der Waals surface area contributed by atoms with E-state index in [0.717, 1.165) is 66.0 Å². The normalized spacial score (nSPS) is 30.3. The van der Waals surface area contributed by atoms with E-state index in [0.29, 0.717) is 66.0 Å². The Labute approximate surface area is 354 Å². The van der Waals surface area contributed by atoms with Crippen molar-refractivity contribution in [1.29, 1.82) is 0 Å². The van der Waals surface area contributed by atoms with Gasteiger partial charge in [0.05, 0.1) is 29.7 Å². The zero-order chi connectivity index (χ0) is 41.1. The lowest BCUT2D eigenvalue weighted by Crippen LogP contribution is -2.55. The number of epoxide rings is 1. The number of nitrogens with zero attached hydrogens (tertiary/aromatic N) is 4. The number of pyridine rings is 2. The number of benzene rings is 1. The smallest absolute Gasteiger partial charge is 0.341 e. The molecule has 1 aliphatic carbocycles. The van der Waals surface area contributed by atoms with Crippen LogP contribution in [0.15, 0.2) is 68.1 Å². The third-order valence-electron chi connectivity index (χ3n) is 13.8. The van der Waals surface area contributed by atoms with Crippen LogP contribution < -0.4 is 21.6 Å². The van der Waals surface area contributed by atoms with Gasteiger partial charge in [-0.15, -0.1) is 0 Å². The zero-order valence-corrected chi connectivity index (χ0v) is 35.1. The molecule has 1 saturated carbocycles. The molecule has 8 aliphatic rings. The summed E-state index contributed by atoms with van der Waals surface area (Å²) in [4.78, 5) is 44.6. The lowest BCUT2D eigenvalue weighted by atomic mass is 9.65. The predicted molar refractivity (Wildman–Crippen MR) is 232 cm³/mol. The molecule has 60 heavy (non-hydrogen) atoms. The molecule has 1 aromatic carbocycles. The molecule has 10 heterocycles. The minimum atomic E-state index is -1.07. The summed E-state index contributed by atoms with van der Waals surface area (Å²) in [6.07, 6.45) is 9.79. The number of phenolic OH excluding ortho intramolecular Hbond substituents is 1. The van der Waals surface area contributed by atoms with Crippen molar-refractivity contribution in [2.75, 3.05) is 23.8 Å². The molecule has 7 aliphatic heterocycles. The third-order valence-corrected chi connectivity index (χ3v) is 16.1. The van der Waals surface area contributed by atoms with E-state index in [9.17, 15) is 14.7 Å². The van der Waals surface area contributed by atoms with Gasteiger partial charge in [-0.25, -0.2) is 14.8 Å². The molecule has 3 saturated heterocycles. The molecule has 13 nitrogen and oxygen atoms in total. The maximum absolute atomic E-state index is 14.8. The fourth-order valence-electron chi connectivity index (χ4n) is 10.9. The van der Waals surface area contributed by atoms with Gasteiger partial charge in [0.2, 0.25) is 0 Å². The van der Waals surface area contributed by atoms with Gasteiger partial charge in [0.25, 0.3) is 0 Å². The standard InChI is InChI=1S/C45H46N6O7S2/c1-22-13-32(52)38-33(55-22)17-34-39(40(38)53)37-24-4-6-26(7-5-24)45-35(58-45)8-3-23-14-30(50-36(46)15-23)28-16-27(19-51-18-25-9-11-48-31(25)20-51)49-42(47)29(28)21-60-59-12-10-44(2,57-34)41(37)56-43(45)54/h9,11,13-17,20,24,26,35,37,41,53H,3-8,10,12,18-19,21H2,1-2H3,(H2,46,50)(H2,47,49). The Kier molecular flexibility index (Phi) is 8.88. The van der Waals surface area contributed by atoms with Gasteiger partial charge in [-0.05, 0) is 88.1 Å². The SMILES string of the molecule is Cc1cc(=O)c2c(O)c3c(cc2o1)OC1(C)CCSSCc2c(cc(CN4C=C5N=CC=C5C4)nc2N)-c2cc(cc(N)n2)CCC2OC24C(=O)OC1C3C1CCC4CC1. The Morgan fingerprint density at radius 3 is 2.72 bits per heavy atom. The highest BCUT2D eigenvalue weighted by atomic mass is 33.1. The van der Waals surface area contributed by atoms with E-state index < -0.39 is 23.2 Å². The number of hydrogen-bond acceptors (Lipinski definition) is 15. The molecule has 3 aromatic heterocycles. The maximum Gasteiger partial charge on any atom is 0.341 e. The number of fused-ring (bicyclic) bond motifs is 9. The van der Waals surface area contributed by atoms with E-state index in [1.54, 1.807) is 34.6 Å². The number of allylic oxidation sites excluding steroid dienone is 1. The molecule has 4 fully saturated rings. The van der Waals surface area contributed by atoms with Gasteiger partial charge >= 0.3 is 5.97 Å². The Bertz CT molecular complexity index is 2660. The molecule has 310 valence electrons. The van der Waals surface area contributed by atoms with Crippen LogP contribution in [0.5, 0.6) is 11.5 Å². The van der Waals surface area contributed by atoms with Crippen molar-refractivity contribution in [3.05, 3.63) is 92.2 Å². The number of aromatic nitrogens is 2. The average Bonchev–Trinajstić information content (AvgIpc) is 3.55. The van der Waals surface area contributed by atoms with Crippen molar-refractivity contribution < 1.29 is 28.5 Å². The van der Waals surface area contributed by atoms with Crippen molar-refractivity contribution in [1.82, 2.24) is 14.9 Å². The minimum Gasteiger partial charge on any atom is -0.507 e. The van der Waals surface area contributed by atoms with Crippen LogP contribution in [0.2, 0.25) is 0 Å². The van der Waals surface area contributed by atoms with E-state index in [2.05, 4.69) is 28.2 Å². The van der Waals surface area contributed by atoms with E-state index in [4.69, 9.17) is 40.1 Å². The van der Waals surface area contributed by atoms with E-state index in [-0.39, 0.29) is 46.1 Å². The number of hydrogen-bond donors (Lipinski definition) is 3.